The van der Waals surface area contributed by atoms with E-state index in [1.165, 1.54) is 0 Å². The predicted octanol–water partition coefficient (Wildman–Crippen LogP) is 2.53. The van der Waals surface area contributed by atoms with Gasteiger partial charge in [0, 0.05) is 50.4 Å². The Hall–Kier alpha value is -3.34. The molecule has 2 atom stereocenters. The van der Waals surface area contributed by atoms with E-state index in [0.717, 1.165) is 61.7 Å². The van der Waals surface area contributed by atoms with E-state index >= 15 is 0 Å². The molecule has 0 aliphatic carbocycles. The van der Waals surface area contributed by atoms with Crippen molar-refractivity contribution < 1.29 is 14.3 Å². The van der Waals surface area contributed by atoms with E-state index in [1.54, 1.807) is 0 Å². The van der Waals surface area contributed by atoms with Crippen LogP contribution in [0.15, 0.2) is 36.4 Å². The topological polar surface area (TPSA) is 87.2 Å². The van der Waals surface area contributed by atoms with Crippen molar-refractivity contribution in [3.8, 4) is 11.3 Å². The van der Waals surface area contributed by atoms with Crippen LogP contribution in [0.1, 0.15) is 24.2 Å². The number of aromatic nitrogens is 3. The van der Waals surface area contributed by atoms with E-state index in [-0.39, 0.29) is 18.0 Å². The standard InChI is InChI=1S/C29H37N7O3/c1-20-18-38-15-13-35(20)27-24-7-8-25(30-26(24)31-29(32-27)36-14-16-39-19-21(36)2)22-5-4-6-23(17-22)28(37)34-11-9-33(3)10-12-34/h4-8,17,20-21H,9-16,18-19H2,1-3H3/t20-,21?/m0/s1. The number of anilines is 2. The van der Waals surface area contributed by atoms with Crippen molar-refractivity contribution in [2.45, 2.75) is 25.9 Å². The molecule has 0 spiro atoms. The third kappa shape index (κ3) is 5.28. The Morgan fingerprint density at radius 1 is 0.846 bits per heavy atom. The van der Waals surface area contributed by atoms with E-state index in [9.17, 15) is 4.79 Å². The van der Waals surface area contributed by atoms with E-state index in [4.69, 9.17) is 24.4 Å². The lowest BCUT2D eigenvalue weighted by Crippen LogP contribution is -2.47. The van der Waals surface area contributed by atoms with Crippen LogP contribution >= 0.6 is 0 Å². The molecule has 10 heteroatoms. The molecular weight excluding hydrogens is 494 g/mol. The summed E-state index contributed by atoms with van der Waals surface area (Å²) in [6.07, 6.45) is 0. The van der Waals surface area contributed by atoms with Crippen LogP contribution in [0.5, 0.6) is 0 Å². The maximum Gasteiger partial charge on any atom is 0.253 e. The van der Waals surface area contributed by atoms with Gasteiger partial charge in [0.15, 0.2) is 5.65 Å². The smallest absolute Gasteiger partial charge is 0.253 e. The highest BCUT2D eigenvalue weighted by Crippen LogP contribution is 2.31. The predicted molar refractivity (Wildman–Crippen MR) is 151 cm³/mol. The Balaban J connectivity index is 1.38. The number of piperazine rings is 1. The summed E-state index contributed by atoms with van der Waals surface area (Å²) < 4.78 is 11.4. The fourth-order valence-electron chi connectivity index (χ4n) is 5.56. The van der Waals surface area contributed by atoms with E-state index in [1.807, 2.05) is 35.2 Å². The van der Waals surface area contributed by atoms with Crippen LogP contribution in [0, 0.1) is 0 Å². The number of amides is 1. The molecule has 3 aliphatic heterocycles. The van der Waals surface area contributed by atoms with E-state index in [2.05, 4.69) is 41.7 Å². The minimum absolute atomic E-state index is 0.0697. The number of carbonyl (C=O) groups excluding carboxylic acids is 1. The summed E-state index contributed by atoms with van der Waals surface area (Å²) in [5.74, 6) is 1.64. The number of carbonyl (C=O) groups is 1. The van der Waals surface area contributed by atoms with Gasteiger partial charge in [-0.2, -0.15) is 9.97 Å². The number of likely N-dealkylation sites (N-methyl/N-ethyl adjacent to an activating group) is 1. The van der Waals surface area contributed by atoms with Gasteiger partial charge in [0.2, 0.25) is 5.95 Å². The Kier molecular flexibility index (Phi) is 7.33. The van der Waals surface area contributed by atoms with Gasteiger partial charge in [-0.1, -0.05) is 12.1 Å². The van der Waals surface area contributed by atoms with Crippen LogP contribution in [-0.2, 0) is 9.47 Å². The summed E-state index contributed by atoms with van der Waals surface area (Å²) in [6, 6.07) is 12.2. The average molecular weight is 532 g/mol. The zero-order valence-corrected chi connectivity index (χ0v) is 23.0. The molecule has 6 rings (SSSR count). The molecule has 0 bridgehead atoms. The van der Waals surface area contributed by atoms with Crippen LogP contribution in [0.3, 0.4) is 0 Å². The summed E-state index contributed by atoms with van der Waals surface area (Å²) in [5, 5.41) is 0.918. The number of nitrogens with zero attached hydrogens (tertiary/aromatic N) is 7. The fourth-order valence-corrected chi connectivity index (χ4v) is 5.56. The lowest BCUT2D eigenvalue weighted by Gasteiger charge is -2.37. The van der Waals surface area contributed by atoms with Crippen molar-refractivity contribution in [3.05, 3.63) is 42.0 Å². The van der Waals surface area contributed by atoms with Gasteiger partial charge in [-0.05, 0) is 45.2 Å². The molecule has 3 fully saturated rings. The van der Waals surface area contributed by atoms with Crippen LogP contribution in [0.25, 0.3) is 22.3 Å². The second kappa shape index (κ2) is 11.0. The van der Waals surface area contributed by atoms with Crippen LogP contribution in [-0.4, -0.2) is 115 Å². The molecule has 1 aromatic carbocycles. The van der Waals surface area contributed by atoms with Crippen molar-refractivity contribution in [1.82, 2.24) is 24.8 Å². The third-order valence-electron chi connectivity index (χ3n) is 7.99. The lowest BCUT2D eigenvalue weighted by atomic mass is 10.1. The first kappa shape index (κ1) is 25.9. The number of hydrogen-bond donors (Lipinski definition) is 0. The van der Waals surface area contributed by atoms with Crippen molar-refractivity contribution in [2.24, 2.45) is 0 Å². The highest BCUT2D eigenvalue weighted by atomic mass is 16.5. The molecule has 5 heterocycles. The number of benzene rings is 1. The Morgan fingerprint density at radius 3 is 2.28 bits per heavy atom. The monoisotopic (exact) mass is 531 g/mol. The van der Waals surface area contributed by atoms with Gasteiger partial charge in [-0.25, -0.2) is 4.98 Å². The number of fused-ring (bicyclic) bond motifs is 1. The molecule has 0 N–H and O–H groups in total. The number of rotatable bonds is 4. The molecule has 3 saturated heterocycles. The van der Waals surface area contributed by atoms with Crippen LogP contribution in [0.2, 0.25) is 0 Å². The Labute approximate surface area is 229 Å². The summed E-state index contributed by atoms with van der Waals surface area (Å²) in [5.41, 5.74) is 3.03. The zero-order valence-electron chi connectivity index (χ0n) is 23.0. The molecular formula is C29H37N7O3. The highest BCUT2D eigenvalue weighted by Gasteiger charge is 2.28. The molecule has 0 radical (unpaired) electrons. The highest BCUT2D eigenvalue weighted by molar-refractivity contribution is 5.96. The maximum absolute atomic E-state index is 13.2. The van der Waals surface area contributed by atoms with Crippen LogP contribution in [0.4, 0.5) is 11.8 Å². The number of ether oxygens (including phenoxy) is 2. The van der Waals surface area contributed by atoms with E-state index < -0.39 is 0 Å². The maximum atomic E-state index is 13.2. The zero-order chi connectivity index (χ0) is 26.9. The van der Waals surface area contributed by atoms with Crippen molar-refractivity contribution in [3.63, 3.8) is 0 Å². The quantitative estimate of drug-likeness (QED) is 0.504. The van der Waals surface area contributed by atoms with Gasteiger partial charge in [-0.15, -0.1) is 0 Å². The van der Waals surface area contributed by atoms with Gasteiger partial charge in [0.1, 0.15) is 5.82 Å². The summed E-state index contributed by atoms with van der Waals surface area (Å²) in [4.78, 5) is 37.0. The molecule has 3 aromatic rings. The molecule has 39 heavy (non-hydrogen) atoms. The summed E-state index contributed by atoms with van der Waals surface area (Å²) in [6.45, 7) is 11.7. The van der Waals surface area contributed by atoms with Crippen molar-refractivity contribution in [2.75, 3.05) is 82.5 Å². The normalized spacial score (nSPS) is 22.9. The first-order chi connectivity index (χ1) is 19.0. The molecule has 0 saturated carbocycles. The molecule has 1 unspecified atom stereocenters. The van der Waals surface area contributed by atoms with Gasteiger partial charge < -0.3 is 29.1 Å². The summed E-state index contributed by atoms with van der Waals surface area (Å²) >= 11 is 0. The number of morpholine rings is 2. The molecule has 1 amide bonds. The van der Waals surface area contributed by atoms with Gasteiger partial charge in [0.25, 0.3) is 5.91 Å². The number of pyridine rings is 1. The fraction of sp³-hybridized carbons (Fsp3) is 0.517. The average Bonchev–Trinajstić information content (AvgIpc) is 2.97. The van der Waals surface area contributed by atoms with Crippen molar-refractivity contribution in [1.29, 1.82) is 0 Å². The van der Waals surface area contributed by atoms with Crippen LogP contribution < -0.4 is 9.80 Å². The third-order valence-corrected chi connectivity index (χ3v) is 7.99. The largest absolute Gasteiger partial charge is 0.377 e. The molecule has 206 valence electrons. The second-order valence-electron chi connectivity index (χ2n) is 10.8. The minimum Gasteiger partial charge on any atom is -0.377 e. The number of hydrogen-bond acceptors (Lipinski definition) is 9. The SMILES string of the molecule is CC1COCCN1c1nc(N2CCOC[C@@H]2C)c2ccc(-c3cccc(C(=O)N4CCN(C)CC4)c3)nc2n1. The minimum atomic E-state index is 0.0697. The second-order valence-corrected chi connectivity index (χ2v) is 10.8. The molecule has 3 aliphatic rings. The Bertz CT molecular complexity index is 1340. The first-order valence-electron chi connectivity index (χ1n) is 13.9. The van der Waals surface area contributed by atoms with Gasteiger partial charge in [-0.3, -0.25) is 4.79 Å². The first-order valence-corrected chi connectivity index (χ1v) is 13.9. The van der Waals surface area contributed by atoms with Gasteiger partial charge >= 0.3 is 0 Å². The van der Waals surface area contributed by atoms with Crippen molar-refractivity contribution >= 4 is 28.7 Å². The summed E-state index contributed by atoms with van der Waals surface area (Å²) in [7, 11) is 2.09. The lowest BCUT2D eigenvalue weighted by molar-refractivity contribution is 0.0664. The molecule has 10 nitrogen and oxygen atoms in total. The molecule has 2 aromatic heterocycles. The van der Waals surface area contributed by atoms with Gasteiger partial charge in [0.05, 0.1) is 49.6 Å². The Morgan fingerprint density at radius 2 is 1.56 bits per heavy atom. The van der Waals surface area contributed by atoms with E-state index in [0.29, 0.717) is 43.6 Å².